The average molecular weight is 244 g/mol. The van der Waals surface area contributed by atoms with Crippen molar-refractivity contribution in [3.63, 3.8) is 0 Å². The Bertz CT molecular complexity index is 518. The highest BCUT2D eigenvalue weighted by Gasteiger charge is 2.15. The van der Waals surface area contributed by atoms with Gasteiger partial charge in [0.25, 0.3) is 0 Å². The van der Waals surface area contributed by atoms with Gasteiger partial charge in [0, 0.05) is 19.2 Å². The highest BCUT2D eigenvalue weighted by atomic mass is 16.3. The largest absolute Gasteiger partial charge is 0.463 e. The topological polar surface area (TPSA) is 68.2 Å². The summed E-state index contributed by atoms with van der Waals surface area (Å²) in [6.07, 6.45) is 5.29. The molecule has 1 saturated heterocycles. The van der Waals surface area contributed by atoms with E-state index in [0.29, 0.717) is 11.8 Å². The van der Waals surface area contributed by atoms with Gasteiger partial charge in [-0.15, -0.1) is 0 Å². The Balaban J connectivity index is 1.95. The molecule has 2 N–H and O–H groups in total. The van der Waals surface area contributed by atoms with E-state index in [2.05, 4.69) is 14.9 Å². The van der Waals surface area contributed by atoms with Crippen molar-refractivity contribution in [2.75, 3.05) is 23.7 Å². The molecule has 3 heterocycles. The van der Waals surface area contributed by atoms with E-state index in [4.69, 9.17) is 10.2 Å². The first kappa shape index (κ1) is 11.1. The Morgan fingerprint density at radius 1 is 1.17 bits per heavy atom. The summed E-state index contributed by atoms with van der Waals surface area (Å²) >= 11 is 0. The summed E-state index contributed by atoms with van der Waals surface area (Å²) in [7, 11) is 0. The average Bonchev–Trinajstić information content (AvgIpc) is 2.93. The van der Waals surface area contributed by atoms with Crippen molar-refractivity contribution in [1.82, 2.24) is 9.97 Å². The van der Waals surface area contributed by atoms with Crippen LogP contribution in [0, 0.1) is 0 Å². The third-order valence-corrected chi connectivity index (χ3v) is 3.15. The van der Waals surface area contributed by atoms with E-state index in [1.165, 1.54) is 19.3 Å². The lowest BCUT2D eigenvalue weighted by atomic mass is 10.1. The van der Waals surface area contributed by atoms with Crippen LogP contribution in [-0.2, 0) is 0 Å². The van der Waals surface area contributed by atoms with Gasteiger partial charge in [-0.25, -0.2) is 4.98 Å². The molecule has 3 rings (SSSR count). The summed E-state index contributed by atoms with van der Waals surface area (Å²) < 4.78 is 5.35. The molecule has 18 heavy (non-hydrogen) atoms. The molecule has 0 amide bonds. The highest BCUT2D eigenvalue weighted by molar-refractivity contribution is 5.58. The summed E-state index contributed by atoms with van der Waals surface area (Å²) in [5, 5.41) is 0. The van der Waals surface area contributed by atoms with Crippen LogP contribution in [-0.4, -0.2) is 23.1 Å². The van der Waals surface area contributed by atoms with Gasteiger partial charge in [-0.1, -0.05) is 0 Å². The summed E-state index contributed by atoms with van der Waals surface area (Å²) in [6.45, 7) is 2.00. The zero-order chi connectivity index (χ0) is 12.4. The second kappa shape index (κ2) is 4.68. The van der Waals surface area contributed by atoms with Crippen molar-refractivity contribution in [1.29, 1.82) is 0 Å². The van der Waals surface area contributed by atoms with Crippen LogP contribution in [0.2, 0.25) is 0 Å². The fourth-order valence-corrected chi connectivity index (χ4v) is 2.24. The molecule has 0 saturated carbocycles. The standard InChI is InChI=1S/C13H16N4O/c14-12-9-10(11-5-4-8-18-11)15-13(16-12)17-6-2-1-3-7-17/h4-5,8-9H,1-3,6-7H2,(H2,14,15,16). The molecule has 1 fully saturated rings. The van der Waals surface area contributed by atoms with Gasteiger partial charge in [-0.3, -0.25) is 0 Å². The summed E-state index contributed by atoms with van der Waals surface area (Å²) in [6, 6.07) is 5.46. The van der Waals surface area contributed by atoms with Crippen LogP contribution < -0.4 is 10.6 Å². The molecule has 0 bridgehead atoms. The number of hydrogen-bond acceptors (Lipinski definition) is 5. The van der Waals surface area contributed by atoms with Crippen molar-refractivity contribution in [3.8, 4) is 11.5 Å². The predicted molar refractivity (Wildman–Crippen MR) is 70.2 cm³/mol. The predicted octanol–water partition coefficient (Wildman–Crippen LogP) is 2.31. The number of nitrogens with zero attached hydrogens (tertiary/aromatic N) is 3. The van der Waals surface area contributed by atoms with Gasteiger partial charge in [0.15, 0.2) is 5.76 Å². The van der Waals surface area contributed by atoms with Crippen LogP contribution >= 0.6 is 0 Å². The summed E-state index contributed by atoms with van der Waals surface area (Å²) in [5.74, 6) is 1.92. The smallest absolute Gasteiger partial charge is 0.227 e. The van der Waals surface area contributed by atoms with E-state index >= 15 is 0 Å². The molecule has 0 radical (unpaired) electrons. The maximum atomic E-state index is 5.85. The van der Waals surface area contributed by atoms with Crippen molar-refractivity contribution in [2.24, 2.45) is 0 Å². The highest BCUT2D eigenvalue weighted by Crippen LogP contribution is 2.23. The third-order valence-electron chi connectivity index (χ3n) is 3.15. The molecule has 2 aromatic rings. The fourth-order valence-electron chi connectivity index (χ4n) is 2.24. The van der Waals surface area contributed by atoms with Gasteiger partial charge < -0.3 is 15.1 Å². The molecule has 0 spiro atoms. The molecule has 0 aliphatic carbocycles. The van der Waals surface area contributed by atoms with Gasteiger partial charge in [-0.05, 0) is 31.4 Å². The molecular formula is C13H16N4O. The SMILES string of the molecule is Nc1cc(-c2ccco2)nc(N2CCCCC2)n1. The van der Waals surface area contributed by atoms with Crippen molar-refractivity contribution >= 4 is 11.8 Å². The minimum atomic E-state index is 0.483. The first-order chi connectivity index (χ1) is 8.83. The van der Waals surface area contributed by atoms with Gasteiger partial charge in [0.2, 0.25) is 5.95 Å². The Morgan fingerprint density at radius 2 is 2.00 bits per heavy atom. The van der Waals surface area contributed by atoms with Gasteiger partial charge >= 0.3 is 0 Å². The molecule has 1 aliphatic rings. The number of hydrogen-bond donors (Lipinski definition) is 1. The Kier molecular flexibility index (Phi) is 2.88. The Morgan fingerprint density at radius 3 is 2.72 bits per heavy atom. The number of anilines is 2. The molecule has 2 aromatic heterocycles. The number of furan rings is 1. The zero-order valence-electron chi connectivity index (χ0n) is 10.2. The lowest BCUT2D eigenvalue weighted by Crippen LogP contribution is -2.31. The van der Waals surface area contributed by atoms with Crippen LogP contribution in [0.25, 0.3) is 11.5 Å². The number of nitrogens with two attached hydrogens (primary N) is 1. The monoisotopic (exact) mass is 244 g/mol. The third kappa shape index (κ3) is 2.16. The molecule has 0 unspecified atom stereocenters. The van der Waals surface area contributed by atoms with Crippen molar-refractivity contribution < 1.29 is 4.42 Å². The van der Waals surface area contributed by atoms with Crippen LogP contribution in [0.3, 0.4) is 0 Å². The minimum absolute atomic E-state index is 0.483. The minimum Gasteiger partial charge on any atom is -0.463 e. The maximum Gasteiger partial charge on any atom is 0.227 e. The quantitative estimate of drug-likeness (QED) is 0.878. The van der Waals surface area contributed by atoms with Crippen molar-refractivity contribution in [2.45, 2.75) is 19.3 Å². The first-order valence-electron chi connectivity index (χ1n) is 6.26. The molecule has 94 valence electrons. The summed E-state index contributed by atoms with van der Waals surface area (Å²) in [4.78, 5) is 11.0. The van der Waals surface area contributed by atoms with Gasteiger partial charge in [0.05, 0.1) is 6.26 Å². The van der Waals surface area contributed by atoms with E-state index in [1.54, 1.807) is 12.3 Å². The normalized spacial score (nSPS) is 15.9. The number of rotatable bonds is 2. The number of aromatic nitrogens is 2. The second-order valence-corrected chi connectivity index (χ2v) is 4.50. The van der Waals surface area contributed by atoms with Crippen molar-refractivity contribution in [3.05, 3.63) is 24.5 Å². The van der Waals surface area contributed by atoms with Crippen LogP contribution in [0.1, 0.15) is 19.3 Å². The fraction of sp³-hybridized carbons (Fsp3) is 0.385. The first-order valence-corrected chi connectivity index (χ1v) is 6.26. The van der Waals surface area contributed by atoms with Crippen LogP contribution in [0.15, 0.2) is 28.9 Å². The number of nitrogen functional groups attached to an aromatic ring is 1. The zero-order valence-corrected chi connectivity index (χ0v) is 10.2. The molecular weight excluding hydrogens is 228 g/mol. The molecule has 0 aromatic carbocycles. The van der Waals surface area contributed by atoms with E-state index in [9.17, 15) is 0 Å². The lowest BCUT2D eigenvalue weighted by molar-refractivity contribution is 0.565. The molecule has 0 atom stereocenters. The molecule has 5 nitrogen and oxygen atoms in total. The Labute approximate surface area is 106 Å². The molecule has 1 aliphatic heterocycles. The lowest BCUT2D eigenvalue weighted by Gasteiger charge is -2.26. The van der Waals surface area contributed by atoms with E-state index in [1.807, 2.05) is 12.1 Å². The number of piperidine rings is 1. The Hall–Kier alpha value is -2.04. The second-order valence-electron chi connectivity index (χ2n) is 4.50. The van der Waals surface area contributed by atoms with E-state index in [0.717, 1.165) is 24.5 Å². The molecule has 5 heteroatoms. The van der Waals surface area contributed by atoms with Crippen LogP contribution in [0.4, 0.5) is 11.8 Å². The van der Waals surface area contributed by atoms with Crippen LogP contribution in [0.5, 0.6) is 0 Å². The van der Waals surface area contributed by atoms with Gasteiger partial charge in [-0.2, -0.15) is 4.98 Å². The van der Waals surface area contributed by atoms with E-state index in [-0.39, 0.29) is 0 Å². The van der Waals surface area contributed by atoms with Gasteiger partial charge in [0.1, 0.15) is 11.5 Å². The van der Waals surface area contributed by atoms with E-state index < -0.39 is 0 Å². The maximum absolute atomic E-state index is 5.85. The summed E-state index contributed by atoms with van der Waals surface area (Å²) in [5.41, 5.74) is 6.60.